The van der Waals surface area contributed by atoms with Crippen molar-refractivity contribution in [3.8, 4) is 0 Å². The number of nitrogens with one attached hydrogen (secondary N) is 1. The zero-order valence-corrected chi connectivity index (χ0v) is 10.6. The van der Waals surface area contributed by atoms with E-state index >= 15 is 0 Å². The zero-order chi connectivity index (χ0) is 12.3. The van der Waals surface area contributed by atoms with Crippen molar-refractivity contribution in [2.24, 2.45) is 0 Å². The van der Waals surface area contributed by atoms with Gasteiger partial charge >= 0.3 is 0 Å². The smallest absolute Gasteiger partial charge is 0.229 e. The van der Waals surface area contributed by atoms with Crippen molar-refractivity contribution in [1.29, 1.82) is 0 Å². The highest BCUT2D eigenvalue weighted by Crippen LogP contribution is 2.29. The Hall–Kier alpha value is -0.940. The Balaban J connectivity index is 1.92. The summed E-state index contributed by atoms with van der Waals surface area (Å²) in [5.74, 6) is 1.61. The van der Waals surface area contributed by atoms with Crippen LogP contribution in [-0.2, 0) is 6.54 Å². The van der Waals surface area contributed by atoms with Crippen LogP contribution in [0.4, 0.5) is 0 Å². The summed E-state index contributed by atoms with van der Waals surface area (Å²) < 4.78 is 5.14. The minimum atomic E-state index is -0.126. The molecule has 0 atom stereocenters. The van der Waals surface area contributed by atoms with Crippen molar-refractivity contribution in [2.45, 2.75) is 57.5 Å². The first-order valence-corrected chi connectivity index (χ1v) is 6.33. The average Bonchev–Trinajstić information content (AvgIpc) is 2.96. The van der Waals surface area contributed by atoms with Gasteiger partial charge in [0.15, 0.2) is 5.82 Å². The first-order chi connectivity index (χ1) is 8.15. The number of rotatable bonds is 5. The van der Waals surface area contributed by atoms with Crippen LogP contribution >= 0.6 is 0 Å². The lowest BCUT2D eigenvalue weighted by molar-refractivity contribution is 0.161. The van der Waals surface area contributed by atoms with E-state index in [0.29, 0.717) is 18.3 Å². The third-order valence-corrected chi connectivity index (χ3v) is 3.46. The standard InChI is InChI=1S/C12H21N3O2/c1-9(2)11-14-10(15-17-11)7-13-12(8-16)5-3-4-6-12/h9,13,16H,3-8H2,1-2H3. The molecule has 5 heteroatoms. The van der Waals surface area contributed by atoms with Gasteiger partial charge in [0, 0.05) is 11.5 Å². The number of nitrogens with zero attached hydrogens (tertiary/aromatic N) is 2. The summed E-state index contributed by atoms with van der Waals surface area (Å²) in [6.45, 7) is 4.80. The van der Waals surface area contributed by atoms with Gasteiger partial charge in [-0.3, -0.25) is 0 Å². The maximum atomic E-state index is 9.46. The predicted octanol–water partition coefficient (Wildman–Crippen LogP) is 1.59. The molecule has 0 radical (unpaired) electrons. The van der Waals surface area contributed by atoms with Crippen LogP contribution in [-0.4, -0.2) is 27.4 Å². The predicted molar refractivity (Wildman–Crippen MR) is 63.5 cm³/mol. The van der Waals surface area contributed by atoms with Gasteiger partial charge in [-0.15, -0.1) is 0 Å². The molecule has 17 heavy (non-hydrogen) atoms. The van der Waals surface area contributed by atoms with Gasteiger partial charge in [-0.05, 0) is 12.8 Å². The van der Waals surface area contributed by atoms with Gasteiger partial charge in [-0.1, -0.05) is 31.8 Å². The number of aliphatic hydroxyl groups excluding tert-OH is 1. The van der Waals surface area contributed by atoms with Gasteiger partial charge < -0.3 is 14.9 Å². The van der Waals surface area contributed by atoms with Crippen molar-refractivity contribution in [2.75, 3.05) is 6.61 Å². The quantitative estimate of drug-likeness (QED) is 0.816. The van der Waals surface area contributed by atoms with Crippen LogP contribution < -0.4 is 5.32 Å². The van der Waals surface area contributed by atoms with Gasteiger partial charge in [-0.25, -0.2) is 0 Å². The third-order valence-electron chi connectivity index (χ3n) is 3.46. The molecule has 2 N–H and O–H groups in total. The molecule has 2 rings (SSSR count). The van der Waals surface area contributed by atoms with Crippen molar-refractivity contribution in [3.05, 3.63) is 11.7 Å². The summed E-state index contributed by atoms with van der Waals surface area (Å²) in [4.78, 5) is 4.31. The van der Waals surface area contributed by atoms with E-state index in [2.05, 4.69) is 15.5 Å². The Labute approximate surface area is 102 Å². The first kappa shape index (κ1) is 12.5. The van der Waals surface area contributed by atoms with Crippen LogP contribution in [0.1, 0.15) is 57.2 Å². The molecule has 1 saturated carbocycles. The topological polar surface area (TPSA) is 71.2 Å². The maximum Gasteiger partial charge on any atom is 0.229 e. The molecule has 0 saturated heterocycles. The van der Waals surface area contributed by atoms with E-state index in [-0.39, 0.29) is 18.1 Å². The van der Waals surface area contributed by atoms with Crippen LogP contribution in [0.5, 0.6) is 0 Å². The number of hydrogen-bond acceptors (Lipinski definition) is 5. The Morgan fingerprint density at radius 3 is 2.65 bits per heavy atom. The minimum Gasteiger partial charge on any atom is -0.394 e. The molecule has 0 aromatic carbocycles. The van der Waals surface area contributed by atoms with Gasteiger partial charge in [0.2, 0.25) is 5.89 Å². The molecule has 1 heterocycles. The van der Waals surface area contributed by atoms with Crippen molar-refractivity contribution < 1.29 is 9.63 Å². The fourth-order valence-corrected chi connectivity index (χ4v) is 2.28. The van der Waals surface area contributed by atoms with Gasteiger partial charge in [0.05, 0.1) is 13.2 Å². The highest BCUT2D eigenvalue weighted by molar-refractivity contribution is 4.96. The molecule has 0 spiro atoms. The minimum absolute atomic E-state index is 0.126. The first-order valence-electron chi connectivity index (χ1n) is 6.33. The lowest BCUT2D eigenvalue weighted by Crippen LogP contribution is -2.45. The largest absolute Gasteiger partial charge is 0.394 e. The summed E-state index contributed by atoms with van der Waals surface area (Å²) in [6, 6.07) is 0. The molecule has 0 unspecified atom stereocenters. The molecule has 1 fully saturated rings. The van der Waals surface area contributed by atoms with Gasteiger partial charge in [0.25, 0.3) is 0 Å². The van der Waals surface area contributed by atoms with Gasteiger partial charge in [-0.2, -0.15) is 4.98 Å². The van der Waals surface area contributed by atoms with Crippen LogP contribution in [0.15, 0.2) is 4.52 Å². The number of aromatic nitrogens is 2. The van der Waals surface area contributed by atoms with Crippen LogP contribution in [0.3, 0.4) is 0 Å². The van der Waals surface area contributed by atoms with Crippen molar-refractivity contribution >= 4 is 0 Å². The zero-order valence-electron chi connectivity index (χ0n) is 10.6. The fraction of sp³-hybridized carbons (Fsp3) is 0.833. The summed E-state index contributed by atoms with van der Waals surface area (Å²) >= 11 is 0. The average molecular weight is 239 g/mol. The summed E-state index contributed by atoms with van der Waals surface area (Å²) in [5.41, 5.74) is -0.126. The summed E-state index contributed by atoms with van der Waals surface area (Å²) in [6.07, 6.45) is 4.41. The molecule has 96 valence electrons. The van der Waals surface area contributed by atoms with Crippen molar-refractivity contribution in [3.63, 3.8) is 0 Å². The van der Waals surface area contributed by atoms with E-state index in [9.17, 15) is 5.11 Å². The summed E-state index contributed by atoms with van der Waals surface area (Å²) in [5, 5.41) is 16.8. The highest BCUT2D eigenvalue weighted by Gasteiger charge is 2.32. The molecule has 0 amide bonds. The lowest BCUT2D eigenvalue weighted by Gasteiger charge is -2.27. The molecular weight excluding hydrogens is 218 g/mol. The number of aliphatic hydroxyl groups is 1. The Morgan fingerprint density at radius 1 is 1.41 bits per heavy atom. The molecule has 0 bridgehead atoms. The van der Waals surface area contributed by atoms with E-state index in [0.717, 1.165) is 12.8 Å². The van der Waals surface area contributed by atoms with E-state index < -0.39 is 0 Å². The normalized spacial score (nSPS) is 19.1. The van der Waals surface area contributed by atoms with E-state index in [1.54, 1.807) is 0 Å². The Kier molecular flexibility index (Phi) is 3.79. The lowest BCUT2D eigenvalue weighted by atomic mass is 9.99. The van der Waals surface area contributed by atoms with Crippen molar-refractivity contribution in [1.82, 2.24) is 15.5 Å². The maximum absolute atomic E-state index is 9.46. The van der Waals surface area contributed by atoms with Crippen LogP contribution in [0.25, 0.3) is 0 Å². The molecule has 1 aromatic heterocycles. The van der Waals surface area contributed by atoms with Gasteiger partial charge in [0.1, 0.15) is 0 Å². The van der Waals surface area contributed by atoms with E-state index in [1.165, 1.54) is 12.8 Å². The third kappa shape index (κ3) is 2.84. The molecular formula is C12H21N3O2. The second kappa shape index (κ2) is 5.14. The monoisotopic (exact) mass is 239 g/mol. The molecule has 1 aliphatic carbocycles. The SMILES string of the molecule is CC(C)c1nc(CNC2(CO)CCCC2)no1. The van der Waals surface area contributed by atoms with E-state index in [1.807, 2.05) is 13.8 Å². The second-order valence-electron chi connectivity index (χ2n) is 5.20. The molecule has 5 nitrogen and oxygen atoms in total. The highest BCUT2D eigenvalue weighted by atomic mass is 16.5. The second-order valence-corrected chi connectivity index (χ2v) is 5.20. The molecule has 1 aliphatic rings. The Morgan fingerprint density at radius 2 is 2.12 bits per heavy atom. The fourth-order valence-electron chi connectivity index (χ4n) is 2.28. The Bertz CT molecular complexity index is 356. The number of hydrogen-bond donors (Lipinski definition) is 2. The molecule has 1 aromatic rings. The van der Waals surface area contributed by atoms with Crippen LogP contribution in [0.2, 0.25) is 0 Å². The summed E-state index contributed by atoms with van der Waals surface area (Å²) in [7, 11) is 0. The van der Waals surface area contributed by atoms with E-state index in [4.69, 9.17) is 4.52 Å². The van der Waals surface area contributed by atoms with Crippen LogP contribution in [0, 0.1) is 0 Å². The molecule has 0 aliphatic heterocycles.